The van der Waals surface area contributed by atoms with Gasteiger partial charge < -0.3 is 10.0 Å². The molecule has 0 saturated carbocycles. The Morgan fingerprint density at radius 1 is 1.23 bits per heavy atom. The van der Waals surface area contributed by atoms with Crippen molar-refractivity contribution in [1.82, 2.24) is 9.88 Å². The first-order valence-corrected chi connectivity index (χ1v) is 7.54. The number of halogens is 1. The standard InChI is InChI=1S/C16H15ClN2O3/c17-11-6-4-10-5-7-12(18-13(10)9-11)15(20)19-8-2-1-3-14(19)16(21)22/h4-7,9,14H,1-3,8H2,(H,21,22)/t14-/m1/s1. The van der Waals surface area contributed by atoms with Crippen LogP contribution < -0.4 is 0 Å². The number of benzene rings is 1. The number of carboxylic acids is 1. The zero-order valence-corrected chi connectivity index (χ0v) is 12.6. The van der Waals surface area contributed by atoms with E-state index in [4.69, 9.17) is 11.6 Å². The van der Waals surface area contributed by atoms with Gasteiger partial charge in [-0.25, -0.2) is 9.78 Å². The Balaban J connectivity index is 1.95. The second-order valence-corrected chi connectivity index (χ2v) is 5.82. The molecule has 1 aromatic heterocycles. The van der Waals surface area contributed by atoms with E-state index in [1.54, 1.807) is 24.3 Å². The number of fused-ring (bicyclic) bond motifs is 1. The summed E-state index contributed by atoms with van der Waals surface area (Å²) in [4.78, 5) is 29.7. The molecule has 0 spiro atoms. The lowest BCUT2D eigenvalue weighted by atomic mass is 10.0. The van der Waals surface area contributed by atoms with Crippen molar-refractivity contribution in [1.29, 1.82) is 0 Å². The van der Waals surface area contributed by atoms with Gasteiger partial charge in [-0.3, -0.25) is 4.79 Å². The van der Waals surface area contributed by atoms with E-state index in [1.165, 1.54) is 4.90 Å². The van der Waals surface area contributed by atoms with Crippen LogP contribution in [-0.2, 0) is 4.79 Å². The maximum Gasteiger partial charge on any atom is 0.326 e. The Bertz CT molecular complexity index is 747. The third kappa shape index (κ3) is 2.76. The summed E-state index contributed by atoms with van der Waals surface area (Å²) in [5.74, 6) is -1.30. The normalized spacial score (nSPS) is 18.4. The fraction of sp³-hybridized carbons (Fsp3) is 0.312. The fourth-order valence-corrected chi connectivity index (χ4v) is 2.95. The van der Waals surface area contributed by atoms with Gasteiger partial charge in [0, 0.05) is 17.0 Å². The van der Waals surface area contributed by atoms with E-state index in [0.29, 0.717) is 23.5 Å². The number of nitrogens with zero attached hydrogens (tertiary/aromatic N) is 2. The molecule has 2 heterocycles. The van der Waals surface area contributed by atoms with E-state index in [9.17, 15) is 14.7 Å². The molecule has 0 radical (unpaired) electrons. The van der Waals surface area contributed by atoms with Crippen LogP contribution in [0.2, 0.25) is 5.02 Å². The van der Waals surface area contributed by atoms with Crippen molar-refractivity contribution in [2.24, 2.45) is 0 Å². The van der Waals surface area contributed by atoms with Crippen molar-refractivity contribution in [3.8, 4) is 0 Å². The molecule has 6 heteroatoms. The van der Waals surface area contributed by atoms with Gasteiger partial charge in [-0.15, -0.1) is 0 Å². The van der Waals surface area contributed by atoms with Gasteiger partial charge in [0.2, 0.25) is 0 Å². The summed E-state index contributed by atoms with van der Waals surface area (Å²) in [5, 5.41) is 10.7. The molecule has 3 rings (SSSR count). The minimum absolute atomic E-state index is 0.253. The van der Waals surface area contributed by atoms with Crippen LogP contribution in [0.1, 0.15) is 29.8 Å². The molecule has 1 saturated heterocycles. The number of piperidine rings is 1. The maximum absolute atomic E-state index is 12.6. The fourth-order valence-electron chi connectivity index (χ4n) is 2.79. The summed E-state index contributed by atoms with van der Waals surface area (Å²) in [6.45, 7) is 0.449. The molecule has 0 bridgehead atoms. The van der Waals surface area contributed by atoms with Crippen molar-refractivity contribution in [2.45, 2.75) is 25.3 Å². The predicted octanol–water partition coefficient (Wildman–Crippen LogP) is 2.97. The Kier molecular flexibility index (Phi) is 3.98. The van der Waals surface area contributed by atoms with Crippen LogP contribution in [0.15, 0.2) is 30.3 Å². The Labute approximate surface area is 132 Å². The van der Waals surface area contributed by atoms with Gasteiger partial charge in [-0.05, 0) is 37.5 Å². The minimum atomic E-state index is -0.961. The van der Waals surface area contributed by atoms with Crippen molar-refractivity contribution < 1.29 is 14.7 Å². The SMILES string of the molecule is O=C(O)[C@H]1CCCCN1C(=O)c1ccc2ccc(Cl)cc2n1. The predicted molar refractivity (Wildman–Crippen MR) is 83.1 cm³/mol. The van der Waals surface area contributed by atoms with E-state index in [2.05, 4.69) is 4.98 Å². The summed E-state index contributed by atoms with van der Waals surface area (Å²) < 4.78 is 0. The molecule has 1 amide bonds. The molecule has 1 N–H and O–H groups in total. The first-order valence-electron chi connectivity index (χ1n) is 7.16. The minimum Gasteiger partial charge on any atom is -0.480 e. The average molecular weight is 319 g/mol. The van der Waals surface area contributed by atoms with Crippen LogP contribution >= 0.6 is 11.6 Å². The molecule has 1 aliphatic heterocycles. The van der Waals surface area contributed by atoms with Crippen molar-refractivity contribution >= 4 is 34.4 Å². The zero-order chi connectivity index (χ0) is 15.7. The Hall–Kier alpha value is -2.14. The topological polar surface area (TPSA) is 70.5 Å². The lowest BCUT2D eigenvalue weighted by Crippen LogP contribution is -2.48. The molecule has 1 fully saturated rings. The number of hydrogen-bond acceptors (Lipinski definition) is 3. The summed E-state index contributed by atoms with van der Waals surface area (Å²) >= 11 is 5.95. The van der Waals surface area contributed by atoms with Crippen LogP contribution in [0.4, 0.5) is 0 Å². The second-order valence-electron chi connectivity index (χ2n) is 5.38. The van der Waals surface area contributed by atoms with Gasteiger partial charge in [0.1, 0.15) is 11.7 Å². The number of carbonyl (C=O) groups excluding carboxylic acids is 1. The van der Waals surface area contributed by atoms with E-state index in [-0.39, 0.29) is 11.6 Å². The lowest BCUT2D eigenvalue weighted by Gasteiger charge is -2.32. The van der Waals surface area contributed by atoms with E-state index in [1.807, 2.05) is 6.07 Å². The number of rotatable bonds is 2. The highest BCUT2D eigenvalue weighted by Crippen LogP contribution is 2.22. The van der Waals surface area contributed by atoms with Gasteiger partial charge >= 0.3 is 5.97 Å². The lowest BCUT2D eigenvalue weighted by molar-refractivity contribution is -0.143. The highest BCUT2D eigenvalue weighted by atomic mass is 35.5. The largest absolute Gasteiger partial charge is 0.480 e. The number of amides is 1. The molecule has 0 unspecified atom stereocenters. The third-order valence-electron chi connectivity index (χ3n) is 3.92. The van der Waals surface area contributed by atoms with Gasteiger partial charge in [-0.2, -0.15) is 0 Å². The summed E-state index contributed by atoms with van der Waals surface area (Å²) in [6, 6.07) is 7.95. The Morgan fingerprint density at radius 3 is 2.77 bits per heavy atom. The van der Waals surface area contributed by atoms with Crippen LogP contribution in [0.3, 0.4) is 0 Å². The third-order valence-corrected chi connectivity index (χ3v) is 4.16. The van der Waals surface area contributed by atoms with Gasteiger partial charge in [0.25, 0.3) is 5.91 Å². The summed E-state index contributed by atoms with van der Waals surface area (Å²) in [5.41, 5.74) is 0.880. The van der Waals surface area contributed by atoms with Crippen molar-refractivity contribution in [3.63, 3.8) is 0 Å². The number of hydrogen-bond donors (Lipinski definition) is 1. The second kappa shape index (κ2) is 5.93. The van der Waals surface area contributed by atoms with E-state index < -0.39 is 12.0 Å². The summed E-state index contributed by atoms with van der Waals surface area (Å²) in [6.07, 6.45) is 2.12. The number of likely N-dealkylation sites (tertiary alicyclic amines) is 1. The molecule has 1 aromatic carbocycles. The quantitative estimate of drug-likeness (QED) is 0.924. The summed E-state index contributed by atoms with van der Waals surface area (Å²) in [7, 11) is 0. The number of carboxylic acid groups (broad SMARTS) is 1. The Morgan fingerprint density at radius 2 is 2.00 bits per heavy atom. The van der Waals surface area contributed by atoms with E-state index in [0.717, 1.165) is 18.2 Å². The van der Waals surface area contributed by atoms with Gasteiger partial charge in [0.05, 0.1) is 5.52 Å². The monoisotopic (exact) mass is 318 g/mol. The molecular formula is C16H15ClN2O3. The molecule has 1 atom stereocenters. The van der Waals surface area contributed by atoms with Gasteiger partial charge in [-0.1, -0.05) is 23.7 Å². The first kappa shape index (κ1) is 14.8. The number of aromatic nitrogens is 1. The molecular weight excluding hydrogens is 304 g/mol. The number of pyridine rings is 1. The highest BCUT2D eigenvalue weighted by Gasteiger charge is 2.32. The molecule has 1 aliphatic rings. The molecule has 5 nitrogen and oxygen atoms in total. The van der Waals surface area contributed by atoms with Crippen molar-refractivity contribution in [3.05, 3.63) is 41.0 Å². The smallest absolute Gasteiger partial charge is 0.326 e. The van der Waals surface area contributed by atoms with Crippen LogP contribution in [0, 0.1) is 0 Å². The van der Waals surface area contributed by atoms with Gasteiger partial charge in [0.15, 0.2) is 0 Å². The first-order chi connectivity index (χ1) is 10.6. The van der Waals surface area contributed by atoms with Crippen LogP contribution in [0.5, 0.6) is 0 Å². The average Bonchev–Trinajstić information content (AvgIpc) is 2.53. The molecule has 114 valence electrons. The molecule has 2 aromatic rings. The van der Waals surface area contributed by atoms with Crippen LogP contribution in [-0.4, -0.2) is 39.5 Å². The van der Waals surface area contributed by atoms with Crippen LogP contribution in [0.25, 0.3) is 10.9 Å². The zero-order valence-electron chi connectivity index (χ0n) is 11.8. The van der Waals surface area contributed by atoms with Crippen molar-refractivity contribution in [2.75, 3.05) is 6.54 Å². The van der Waals surface area contributed by atoms with E-state index >= 15 is 0 Å². The molecule has 22 heavy (non-hydrogen) atoms. The number of carbonyl (C=O) groups is 2. The number of aliphatic carboxylic acids is 1. The maximum atomic E-state index is 12.6. The molecule has 0 aliphatic carbocycles. The highest BCUT2D eigenvalue weighted by molar-refractivity contribution is 6.31.